The molecule has 0 radical (unpaired) electrons. The predicted molar refractivity (Wildman–Crippen MR) is 67.4 cm³/mol. The average Bonchev–Trinajstić information content (AvgIpc) is 2.39. The fraction of sp³-hybridized carbons (Fsp3) is 0.667. The summed E-state index contributed by atoms with van der Waals surface area (Å²) in [6.45, 7) is 3.46. The first-order valence-electron chi connectivity index (χ1n) is 6.25. The quantitative estimate of drug-likeness (QED) is 0.728. The van der Waals surface area contributed by atoms with Crippen LogP contribution in [0.15, 0.2) is 22.3 Å². The van der Waals surface area contributed by atoms with Crippen LogP contribution in [0.1, 0.15) is 19.3 Å². The van der Waals surface area contributed by atoms with E-state index in [0.29, 0.717) is 12.5 Å². The smallest absolute Gasteiger partial charge is 0.146 e. The first kappa shape index (κ1) is 11.4. The summed E-state index contributed by atoms with van der Waals surface area (Å²) in [6.07, 6.45) is 5.15. The molecule has 0 saturated carbocycles. The van der Waals surface area contributed by atoms with Gasteiger partial charge in [-0.2, -0.15) is 0 Å². The molecule has 17 heavy (non-hydrogen) atoms. The molecule has 4 nitrogen and oxygen atoms in total. The van der Waals surface area contributed by atoms with Gasteiger partial charge in [-0.3, -0.25) is 0 Å². The molecule has 94 valence electrons. The molecule has 1 unspecified atom stereocenters. The van der Waals surface area contributed by atoms with Crippen LogP contribution < -0.4 is 10.0 Å². The average molecular weight is 254 g/mol. The monoisotopic (exact) mass is 254 g/mol. The summed E-state index contributed by atoms with van der Waals surface area (Å²) in [4.78, 5) is 1.07. The maximum absolute atomic E-state index is 12.2. The van der Waals surface area contributed by atoms with Crippen molar-refractivity contribution in [1.29, 1.82) is 0 Å². The summed E-state index contributed by atoms with van der Waals surface area (Å²) in [5.41, 5.74) is 2.32. The molecule has 5 heteroatoms. The number of ether oxygens (including phenoxy) is 1. The summed E-state index contributed by atoms with van der Waals surface area (Å²) in [6, 6.07) is 0. The highest BCUT2D eigenvalue weighted by atomic mass is 32.2. The van der Waals surface area contributed by atoms with Gasteiger partial charge in [-0.25, -0.2) is 4.21 Å². The molecule has 0 bridgehead atoms. The zero-order valence-corrected chi connectivity index (χ0v) is 10.6. The highest BCUT2D eigenvalue weighted by molar-refractivity contribution is 7.87. The van der Waals surface area contributed by atoms with E-state index in [1.165, 1.54) is 5.57 Å². The lowest BCUT2D eigenvalue weighted by molar-refractivity contribution is 0.147. The van der Waals surface area contributed by atoms with Gasteiger partial charge in [0, 0.05) is 17.0 Å². The van der Waals surface area contributed by atoms with Crippen LogP contribution in [0.3, 0.4) is 0 Å². The molecule has 3 rings (SSSR count). The topological polar surface area (TPSA) is 50.4 Å². The zero-order valence-electron chi connectivity index (χ0n) is 9.83. The highest BCUT2D eigenvalue weighted by Crippen LogP contribution is 2.30. The molecule has 3 heterocycles. The van der Waals surface area contributed by atoms with E-state index in [1.54, 1.807) is 0 Å². The van der Waals surface area contributed by atoms with Gasteiger partial charge in [0.15, 0.2) is 0 Å². The first-order chi connectivity index (χ1) is 8.34. The Hall–Kier alpha value is -0.650. The van der Waals surface area contributed by atoms with Gasteiger partial charge >= 0.3 is 0 Å². The minimum absolute atomic E-state index is 0.459. The predicted octanol–water partition coefficient (Wildman–Crippen LogP) is 0.811. The van der Waals surface area contributed by atoms with Crippen molar-refractivity contribution in [2.24, 2.45) is 5.92 Å². The Labute approximate surface area is 104 Å². The molecule has 0 aromatic heterocycles. The number of nitrogens with one attached hydrogen (secondary N) is 2. The van der Waals surface area contributed by atoms with E-state index in [-0.39, 0.29) is 0 Å². The van der Waals surface area contributed by atoms with Crippen LogP contribution in [-0.2, 0) is 15.7 Å². The van der Waals surface area contributed by atoms with Crippen molar-refractivity contribution >= 4 is 11.0 Å². The van der Waals surface area contributed by atoms with Crippen molar-refractivity contribution in [2.45, 2.75) is 19.3 Å². The minimum Gasteiger partial charge on any atom is -0.376 e. The third-order valence-corrected chi connectivity index (χ3v) is 4.94. The van der Waals surface area contributed by atoms with Crippen molar-refractivity contribution in [3.8, 4) is 0 Å². The van der Waals surface area contributed by atoms with Crippen molar-refractivity contribution in [1.82, 2.24) is 10.0 Å². The summed E-state index contributed by atoms with van der Waals surface area (Å²) < 4.78 is 20.8. The van der Waals surface area contributed by atoms with Crippen LogP contribution in [0, 0.1) is 5.92 Å². The number of allylic oxidation sites excluding steroid dienone is 1. The van der Waals surface area contributed by atoms with Crippen LogP contribution in [0.2, 0.25) is 0 Å². The van der Waals surface area contributed by atoms with Crippen molar-refractivity contribution in [3.05, 3.63) is 22.3 Å². The molecule has 0 spiro atoms. The van der Waals surface area contributed by atoms with Crippen LogP contribution in [-0.4, -0.2) is 30.5 Å². The van der Waals surface area contributed by atoms with E-state index in [0.717, 1.165) is 49.6 Å². The van der Waals surface area contributed by atoms with Crippen LogP contribution in [0.25, 0.3) is 0 Å². The lowest BCUT2D eigenvalue weighted by atomic mass is 9.96. The van der Waals surface area contributed by atoms with E-state index in [9.17, 15) is 4.21 Å². The van der Waals surface area contributed by atoms with Crippen LogP contribution in [0.4, 0.5) is 0 Å². The van der Waals surface area contributed by atoms with Crippen LogP contribution in [0.5, 0.6) is 0 Å². The molecule has 0 amide bonds. The Bertz CT molecular complexity index is 397. The number of hydrogen-bond donors (Lipinski definition) is 2. The molecular weight excluding hydrogens is 236 g/mol. The van der Waals surface area contributed by atoms with Crippen molar-refractivity contribution < 1.29 is 8.95 Å². The minimum atomic E-state index is -1.02. The molecule has 3 aliphatic heterocycles. The molecule has 1 saturated heterocycles. The summed E-state index contributed by atoms with van der Waals surface area (Å²) in [5, 5.41) is 3.34. The second kappa shape index (κ2) is 4.92. The fourth-order valence-corrected chi connectivity index (χ4v) is 3.98. The third kappa shape index (κ3) is 2.32. The van der Waals surface area contributed by atoms with Crippen LogP contribution >= 0.6 is 0 Å². The standard InChI is InChI=1S/C12H18N2O2S/c15-17-12(9-1-4-13-5-2-9)7-10-8-16-6-3-11(10)14-17/h7,9,13-14H,1-6,8H2. The Morgan fingerprint density at radius 3 is 3.00 bits per heavy atom. The third-order valence-electron chi connectivity index (χ3n) is 3.63. The second-order valence-electron chi connectivity index (χ2n) is 4.75. The Morgan fingerprint density at radius 1 is 1.35 bits per heavy atom. The lowest BCUT2D eigenvalue weighted by Crippen LogP contribution is -2.34. The number of piperidine rings is 1. The van der Waals surface area contributed by atoms with Gasteiger partial charge < -0.3 is 14.8 Å². The Balaban J connectivity index is 1.85. The van der Waals surface area contributed by atoms with Gasteiger partial charge in [0.05, 0.1) is 13.2 Å². The molecule has 1 fully saturated rings. The molecule has 0 aromatic carbocycles. The Kier molecular flexibility index (Phi) is 3.31. The van der Waals surface area contributed by atoms with Crippen molar-refractivity contribution in [2.75, 3.05) is 26.3 Å². The molecule has 2 N–H and O–H groups in total. The highest BCUT2D eigenvalue weighted by Gasteiger charge is 2.27. The van der Waals surface area contributed by atoms with Gasteiger partial charge in [0.2, 0.25) is 0 Å². The van der Waals surface area contributed by atoms with Gasteiger partial charge in [0.25, 0.3) is 0 Å². The van der Waals surface area contributed by atoms with E-state index in [1.807, 2.05) is 0 Å². The van der Waals surface area contributed by atoms with E-state index in [2.05, 4.69) is 16.1 Å². The Morgan fingerprint density at radius 2 is 2.18 bits per heavy atom. The second-order valence-corrected chi connectivity index (χ2v) is 5.96. The maximum Gasteiger partial charge on any atom is 0.146 e. The lowest BCUT2D eigenvalue weighted by Gasteiger charge is -2.30. The molecule has 0 aromatic rings. The van der Waals surface area contributed by atoms with Gasteiger partial charge in [0.1, 0.15) is 11.0 Å². The molecule has 3 aliphatic rings. The fourth-order valence-electron chi connectivity index (χ4n) is 2.62. The SMILES string of the molecule is O=S1NC2=C(C=C1C1CCNCC1)COCC2. The zero-order chi connectivity index (χ0) is 11.7. The number of rotatable bonds is 1. The van der Waals surface area contributed by atoms with Crippen molar-refractivity contribution in [3.63, 3.8) is 0 Å². The molecule has 1 atom stereocenters. The van der Waals surface area contributed by atoms with E-state index in [4.69, 9.17) is 4.74 Å². The molecule has 0 aliphatic carbocycles. The summed E-state index contributed by atoms with van der Waals surface area (Å²) >= 11 is 0. The summed E-state index contributed by atoms with van der Waals surface area (Å²) in [5.74, 6) is 0.459. The van der Waals surface area contributed by atoms with E-state index >= 15 is 0 Å². The van der Waals surface area contributed by atoms with E-state index < -0.39 is 11.0 Å². The van der Waals surface area contributed by atoms with Gasteiger partial charge in [-0.05, 0) is 43.5 Å². The van der Waals surface area contributed by atoms with Gasteiger partial charge in [-0.15, -0.1) is 0 Å². The largest absolute Gasteiger partial charge is 0.376 e. The molecular formula is C12H18N2O2S. The normalized spacial score (nSPS) is 30.6. The van der Waals surface area contributed by atoms with Gasteiger partial charge in [-0.1, -0.05) is 0 Å². The summed E-state index contributed by atoms with van der Waals surface area (Å²) in [7, 11) is -1.02. The maximum atomic E-state index is 12.2. The number of hydrogen-bond acceptors (Lipinski definition) is 3. The first-order valence-corrected chi connectivity index (χ1v) is 7.40.